The number of ether oxygens (including phenoxy) is 1. The topological polar surface area (TPSA) is 94.8 Å². The molecule has 3 aromatic rings. The van der Waals surface area contributed by atoms with Gasteiger partial charge in [0.2, 0.25) is 0 Å². The molecular weight excluding hydrogens is 372 g/mol. The Morgan fingerprint density at radius 3 is 2.76 bits per heavy atom. The normalized spacial score (nSPS) is 16.3. The highest BCUT2D eigenvalue weighted by molar-refractivity contribution is 5.81. The Labute approximate surface area is 166 Å². The van der Waals surface area contributed by atoms with E-state index in [4.69, 9.17) is 11.3 Å². The summed E-state index contributed by atoms with van der Waals surface area (Å²) in [5.74, 6) is -0.413. The van der Waals surface area contributed by atoms with E-state index in [0.29, 0.717) is 17.9 Å². The molecule has 4 rings (SSSR count). The van der Waals surface area contributed by atoms with Gasteiger partial charge >= 0.3 is 5.82 Å². The smallest absolute Gasteiger partial charge is 0.398 e. The van der Waals surface area contributed by atoms with Crippen LogP contribution in [0.4, 0.5) is 11.5 Å². The van der Waals surface area contributed by atoms with E-state index >= 15 is 0 Å². The number of nitro groups is 1. The van der Waals surface area contributed by atoms with Crippen molar-refractivity contribution in [3.63, 3.8) is 0 Å². The molecule has 1 aromatic heterocycles. The van der Waals surface area contributed by atoms with Crippen LogP contribution >= 0.6 is 0 Å². The molecule has 1 atom stereocenters. The lowest BCUT2D eigenvalue weighted by Crippen LogP contribution is -2.18. The minimum Gasteiger partial charge on any atom is -0.507 e. The second kappa shape index (κ2) is 7.73. The number of aromatic hydroxyl groups is 1. The van der Waals surface area contributed by atoms with Crippen LogP contribution in [0.1, 0.15) is 25.5 Å². The summed E-state index contributed by atoms with van der Waals surface area (Å²) in [6, 6.07) is 11.9. The van der Waals surface area contributed by atoms with Crippen molar-refractivity contribution in [2.45, 2.75) is 25.5 Å². The first kappa shape index (κ1) is 18.7. The van der Waals surface area contributed by atoms with Crippen molar-refractivity contribution in [1.82, 2.24) is 9.78 Å². The summed E-state index contributed by atoms with van der Waals surface area (Å²) in [6.45, 7) is 7.77. The van der Waals surface area contributed by atoms with Gasteiger partial charge < -0.3 is 20.0 Å². The third-order valence-corrected chi connectivity index (χ3v) is 4.93. The first-order chi connectivity index (χ1) is 14.1. The fraction of sp³-hybridized carbons (Fsp3) is 0.238. The van der Waals surface area contributed by atoms with Crippen molar-refractivity contribution in [2.75, 3.05) is 6.61 Å². The summed E-state index contributed by atoms with van der Waals surface area (Å²) in [5, 5.41) is 26.2. The number of phenolic OH excluding ortho intramolecular Hbond substituents is 1. The predicted molar refractivity (Wildman–Crippen MR) is 107 cm³/mol. The van der Waals surface area contributed by atoms with Crippen molar-refractivity contribution >= 4 is 11.5 Å². The van der Waals surface area contributed by atoms with E-state index in [9.17, 15) is 15.2 Å². The quantitative estimate of drug-likeness (QED) is 0.381. The number of hydrogen-bond acceptors (Lipinski definition) is 5. The second-order valence-electron chi connectivity index (χ2n) is 6.82. The standard InChI is InChI=1S/C21H18N4O4/c1-22-16-6-4-5-14(11-16)15-8-9-19(26)17(12-15)18-13-24(23-21(18)25(27)28)20-7-2-3-10-29-20/h4-6,8-9,11-13,20,26H,2-3,7,10H2. The van der Waals surface area contributed by atoms with Gasteiger partial charge in [0.15, 0.2) is 11.9 Å². The highest BCUT2D eigenvalue weighted by Crippen LogP contribution is 2.39. The maximum atomic E-state index is 11.6. The molecule has 0 aliphatic carbocycles. The molecule has 0 bridgehead atoms. The molecule has 0 spiro atoms. The van der Waals surface area contributed by atoms with Crippen molar-refractivity contribution in [3.8, 4) is 28.0 Å². The average molecular weight is 390 g/mol. The molecular formula is C21H18N4O4. The van der Waals surface area contributed by atoms with Gasteiger partial charge in [-0.3, -0.25) is 0 Å². The number of hydrogen-bond donors (Lipinski definition) is 1. The molecule has 1 N–H and O–H groups in total. The van der Waals surface area contributed by atoms with Crippen LogP contribution in [-0.4, -0.2) is 26.4 Å². The molecule has 146 valence electrons. The summed E-state index contributed by atoms with van der Waals surface area (Å²) in [5.41, 5.74) is 2.55. The molecule has 29 heavy (non-hydrogen) atoms. The molecule has 1 saturated heterocycles. The second-order valence-corrected chi connectivity index (χ2v) is 6.82. The van der Waals surface area contributed by atoms with Gasteiger partial charge in [-0.05, 0) is 53.5 Å². The first-order valence-electron chi connectivity index (χ1n) is 9.23. The average Bonchev–Trinajstić information content (AvgIpc) is 3.20. The van der Waals surface area contributed by atoms with Crippen LogP contribution in [0.2, 0.25) is 0 Å². The Bertz CT molecular complexity index is 1110. The van der Waals surface area contributed by atoms with E-state index in [1.165, 1.54) is 10.7 Å². The van der Waals surface area contributed by atoms with E-state index in [1.54, 1.807) is 36.5 Å². The maximum absolute atomic E-state index is 11.6. The number of nitrogens with zero attached hydrogens (tertiary/aromatic N) is 4. The van der Waals surface area contributed by atoms with Gasteiger partial charge in [-0.1, -0.05) is 24.3 Å². The summed E-state index contributed by atoms with van der Waals surface area (Å²) in [7, 11) is 0. The molecule has 0 saturated carbocycles. The van der Waals surface area contributed by atoms with Crippen LogP contribution in [0, 0.1) is 16.7 Å². The fourth-order valence-corrected chi connectivity index (χ4v) is 3.47. The van der Waals surface area contributed by atoms with E-state index in [1.807, 2.05) is 6.07 Å². The van der Waals surface area contributed by atoms with E-state index in [2.05, 4.69) is 9.94 Å². The predicted octanol–water partition coefficient (Wildman–Crippen LogP) is 5.08. The van der Waals surface area contributed by atoms with Gasteiger partial charge in [0.1, 0.15) is 11.3 Å². The van der Waals surface area contributed by atoms with Crippen LogP contribution in [0.3, 0.4) is 0 Å². The molecule has 1 aliphatic heterocycles. The van der Waals surface area contributed by atoms with Crippen molar-refractivity contribution in [3.05, 3.63) is 70.2 Å². The first-order valence-corrected chi connectivity index (χ1v) is 9.23. The van der Waals surface area contributed by atoms with Crippen molar-refractivity contribution in [1.29, 1.82) is 0 Å². The summed E-state index contributed by atoms with van der Waals surface area (Å²) in [4.78, 5) is 14.5. The van der Waals surface area contributed by atoms with Crippen LogP contribution < -0.4 is 0 Å². The number of rotatable bonds is 4. The Morgan fingerprint density at radius 2 is 2.03 bits per heavy atom. The SMILES string of the molecule is [C-]#[N+]c1cccc(-c2ccc(O)c(-c3cn(C4CCCCO4)nc3[N+](=O)[O-])c2)c1. The molecule has 2 heterocycles. The van der Waals surface area contributed by atoms with Gasteiger partial charge in [-0.15, -0.1) is 0 Å². The molecule has 8 nitrogen and oxygen atoms in total. The zero-order valence-corrected chi connectivity index (χ0v) is 15.5. The largest absolute Gasteiger partial charge is 0.507 e. The van der Waals surface area contributed by atoms with Crippen LogP contribution in [0.5, 0.6) is 5.75 Å². The molecule has 0 radical (unpaired) electrons. The van der Waals surface area contributed by atoms with Gasteiger partial charge in [0.05, 0.1) is 17.9 Å². The monoisotopic (exact) mass is 390 g/mol. The Morgan fingerprint density at radius 1 is 1.21 bits per heavy atom. The van der Waals surface area contributed by atoms with Gasteiger partial charge in [-0.25, -0.2) is 4.85 Å². The Hall–Kier alpha value is -3.70. The lowest BCUT2D eigenvalue weighted by Gasteiger charge is -2.20. The molecule has 8 heteroatoms. The third-order valence-electron chi connectivity index (χ3n) is 4.93. The highest BCUT2D eigenvalue weighted by atomic mass is 16.6. The van der Waals surface area contributed by atoms with Crippen molar-refractivity contribution in [2.24, 2.45) is 0 Å². The van der Waals surface area contributed by atoms with E-state index in [0.717, 1.165) is 30.4 Å². The zero-order valence-electron chi connectivity index (χ0n) is 15.5. The summed E-state index contributed by atoms with van der Waals surface area (Å²) < 4.78 is 7.15. The molecule has 1 aliphatic rings. The van der Waals surface area contributed by atoms with Crippen LogP contribution in [-0.2, 0) is 4.74 Å². The lowest BCUT2D eigenvalue weighted by molar-refractivity contribution is -0.389. The van der Waals surface area contributed by atoms with Crippen LogP contribution in [0.25, 0.3) is 27.1 Å². The molecule has 0 amide bonds. The minimum absolute atomic E-state index is 0.0812. The number of benzene rings is 2. The Kier molecular flexibility index (Phi) is 4.97. The van der Waals surface area contributed by atoms with Crippen LogP contribution in [0.15, 0.2) is 48.7 Å². The molecule has 1 fully saturated rings. The zero-order chi connectivity index (χ0) is 20.4. The highest BCUT2D eigenvalue weighted by Gasteiger charge is 2.29. The van der Waals surface area contributed by atoms with E-state index in [-0.39, 0.29) is 23.4 Å². The fourth-order valence-electron chi connectivity index (χ4n) is 3.47. The van der Waals surface area contributed by atoms with Crippen molar-refractivity contribution < 1.29 is 14.8 Å². The van der Waals surface area contributed by atoms with Gasteiger partial charge in [0.25, 0.3) is 0 Å². The summed E-state index contributed by atoms with van der Waals surface area (Å²) in [6.07, 6.45) is 3.86. The third kappa shape index (κ3) is 3.68. The minimum atomic E-state index is -0.555. The number of phenols is 1. The summed E-state index contributed by atoms with van der Waals surface area (Å²) >= 11 is 0. The van der Waals surface area contributed by atoms with E-state index < -0.39 is 4.92 Å². The maximum Gasteiger partial charge on any atom is 0.398 e. The Balaban J connectivity index is 1.80. The molecule has 1 unspecified atom stereocenters. The van der Waals surface area contributed by atoms with Gasteiger partial charge in [0, 0.05) is 12.2 Å². The number of aromatic nitrogens is 2. The lowest BCUT2D eigenvalue weighted by atomic mass is 9.99. The molecule has 2 aromatic carbocycles. The van der Waals surface area contributed by atoms with Gasteiger partial charge in [-0.2, -0.15) is 4.68 Å².